The fourth-order valence-corrected chi connectivity index (χ4v) is 3.13. The van der Waals surface area contributed by atoms with E-state index in [1.54, 1.807) is 25.4 Å². The van der Waals surface area contributed by atoms with Crippen molar-refractivity contribution in [2.75, 3.05) is 12.4 Å². The van der Waals surface area contributed by atoms with E-state index < -0.39 is 0 Å². The van der Waals surface area contributed by atoms with E-state index in [1.807, 2.05) is 24.3 Å². The summed E-state index contributed by atoms with van der Waals surface area (Å²) in [6, 6.07) is 13.9. The molecular weight excluding hydrogens is 345 g/mol. The maximum Gasteiger partial charge on any atom is 0.225 e. The van der Waals surface area contributed by atoms with Crippen molar-refractivity contribution in [2.24, 2.45) is 0 Å². The molecule has 1 amide bonds. The lowest BCUT2D eigenvalue weighted by molar-refractivity contribution is -0.116. The van der Waals surface area contributed by atoms with Crippen molar-refractivity contribution in [2.45, 2.75) is 12.8 Å². The first-order valence-corrected chi connectivity index (χ1v) is 8.63. The molecule has 0 saturated carbocycles. The number of aromatic nitrogens is 2. The Bertz CT molecular complexity index is 1120. The number of H-pyrrole nitrogens is 1. The third-order valence-corrected chi connectivity index (χ3v) is 4.54. The van der Waals surface area contributed by atoms with Crippen LogP contribution in [0.4, 0.5) is 10.2 Å². The van der Waals surface area contributed by atoms with E-state index >= 15 is 0 Å². The van der Waals surface area contributed by atoms with Crippen molar-refractivity contribution >= 4 is 33.5 Å². The summed E-state index contributed by atoms with van der Waals surface area (Å²) in [5.41, 5.74) is 2.60. The molecule has 0 aliphatic rings. The van der Waals surface area contributed by atoms with E-state index in [-0.39, 0.29) is 18.1 Å². The molecule has 0 bridgehead atoms. The zero-order valence-electron chi connectivity index (χ0n) is 14.8. The van der Waals surface area contributed by atoms with Gasteiger partial charge in [-0.25, -0.2) is 9.37 Å². The normalized spacial score (nSPS) is 11.0. The number of rotatable bonds is 5. The van der Waals surface area contributed by atoms with Gasteiger partial charge in [0.1, 0.15) is 11.6 Å². The number of methoxy groups -OCH3 is 1. The highest BCUT2D eigenvalue weighted by molar-refractivity contribution is 6.12. The summed E-state index contributed by atoms with van der Waals surface area (Å²) in [6.07, 6.45) is 2.50. The Morgan fingerprint density at radius 2 is 1.96 bits per heavy atom. The van der Waals surface area contributed by atoms with Gasteiger partial charge in [-0.3, -0.25) is 4.79 Å². The fraction of sp³-hybridized carbons (Fsp3) is 0.143. The molecule has 0 aliphatic carbocycles. The number of hydrogen-bond donors (Lipinski definition) is 2. The van der Waals surface area contributed by atoms with E-state index in [1.165, 1.54) is 12.1 Å². The van der Waals surface area contributed by atoms with E-state index in [2.05, 4.69) is 15.3 Å². The van der Waals surface area contributed by atoms with Gasteiger partial charge in [-0.05, 0) is 42.3 Å². The number of benzene rings is 2. The van der Waals surface area contributed by atoms with Crippen molar-refractivity contribution in [3.05, 3.63) is 66.1 Å². The third-order valence-electron chi connectivity index (χ3n) is 4.54. The molecular formula is C21H18FN3O2. The highest BCUT2D eigenvalue weighted by Gasteiger charge is 2.12. The number of halogens is 1. The predicted octanol–water partition coefficient (Wildman–Crippen LogP) is 4.44. The van der Waals surface area contributed by atoms with E-state index in [0.29, 0.717) is 12.2 Å². The van der Waals surface area contributed by atoms with Gasteiger partial charge in [0, 0.05) is 29.5 Å². The summed E-state index contributed by atoms with van der Waals surface area (Å²) >= 11 is 0. The van der Waals surface area contributed by atoms with Gasteiger partial charge in [-0.1, -0.05) is 12.1 Å². The summed E-state index contributed by atoms with van der Waals surface area (Å²) in [7, 11) is 1.62. The molecule has 0 fully saturated rings. The minimum absolute atomic E-state index is 0.143. The van der Waals surface area contributed by atoms with Crippen molar-refractivity contribution in [1.82, 2.24) is 9.97 Å². The van der Waals surface area contributed by atoms with Crippen LogP contribution in [-0.2, 0) is 11.2 Å². The molecule has 27 heavy (non-hydrogen) atoms. The predicted molar refractivity (Wildman–Crippen MR) is 104 cm³/mol. The number of nitrogens with zero attached hydrogens (tertiary/aromatic N) is 1. The zero-order chi connectivity index (χ0) is 18.8. The molecule has 2 aromatic carbocycles. The van der Waals surface area contributed by atoms with Gasteiger partial charge in [0.05, 0.1) is 18.1 Å². The van der Waals surface area contributed by atoms with E-state index in [9.17, 15) is 9.18 Å². The van der Waals surface area contributed by atoms with Crippen LogP contribution >= 0.6 is 0 Å². The smallest absolute Gasteiger partial charge is 0.225 e. The van der Waals surface area contributed by atoms with Crippen LogP contribution in [0.3, 0.4) is 0 Å². The van der Waals surface area contributed by atoms with Gasteiger partial charge < -0.3 is 15.0 Å². The summed E-state index contributed by atoms with van der Waals surface area (Å²) < 4.78 is 18.2. The topological polar surface area (TPSA) is 67.0 Å². The Balaban J connectivity index is 1.56. The van der Waals surface area contributed by atoms with Crippen LogP contribution in [0.5, 0.6) is 5.75 Å². The number of ether oxygens (including phenoxy) is 1. The van der Waals surface area contributed by atoms with Crippen LogP contribution in [0.1, 0.15) is 12.0 Å². The summed E-state index contributed by atoms with van der Waals surface area (Å²) in [6.45, 7) is 0. The molecule has 0 atom stereocenters. The highest BCUT2D eigenvalue weighted by Crippen LogP contribution is 2.31. The SMILES string of the molecule is COc1ccc2c(c1)[nH]c1c(NC(=O)CCc3ccc(F)cc3)nccc12. The number of pyridine rings is 1. The van der Waals surface area contributed by atoms with Crippen LogP contribution < -0.4 is 10.1 Å². The second-order valence-electron chi connectivity index (χ2n) is 6.29. The summed E-state index contributed by atoms with van der Waals surface area (Å²) in [4.78, 5) is 20.0. The lowest BCUT2D eigenvalue weighted by Crippen LogP contribution is -2.13. The second-order valence-corrected chi connectivity index (χ2v) is 6.29. The molecule has 0 radical (unpaired) electrons. The number of aryl methyl sites for hydroxylation is 1. The first-order chi connectivity index (χ1) is 13.1. The minimum atomic E-state index is -0.283. The standard InChI is InChI=1S/C21H18FN3O2/c1-27-15-7-8-16-17-10-11-23-21(20(17)24-18(16)12-15)25-19(26)9-4-13-2-5-14(22)6-3-13/h2-3,5-8,10-12,24H,4,9H2,1H3,(H,23,25,26). The fourth-order valence-electron chi connectivity index (χ4n) is 3.13. The van der Waals surface area contributed by atoms with Gasteiger partial charge >= 0.3 is 0 Å². The van der Waals surface area contributed by atoms with Gasteiger partial charge in [0.2, 0.25) is 5.91 Å². The molecule has 6 heteroatoms. The lowest BCUT2D eigenvalue weighted by atomic mass is 10.1. The second kappa shape index (κ2) is 7.07. The molecule has 0 unspecified atom stereocenters. The summed E-state index contributed by atoms with van der Waals surface area (Å²) in [5.74, 6) is 0.823. The number of carbonyl (C=O) groups is 1. The number of amides is 1. The first-order valence-electron chi connectivity index (χ1n) is 8.63. The minimum Gasteiger partial charge on any atom is -0.497 e. The van der Waals surface area contributed by atoms with Crippen molar-refractivity contribution in [3.63, 3.8) is 0 Å². The van der Waals surface area contributed by atoms with Crippen LogP contribution in [-0.4, -0.2) is 23.0 Å². The number of aromatic amines is 1. The van der Waals surface area contributed by atoms with Crippen molar-refractivity contribution in [1.29, 1.82) is 0 Å². The van der Waals surface area contributed by atoms with Crippen LogP contribution in [0, 0.1) is 5.82 Å². The first kappa shape index (κ1) is 17.0. The molecule has 136 valence electrons. The molecule has 2 N–H and O–H groups in total. The van der Waals surface area contributed by atoms with Gasteiger partial charge in [0.25, 0.3) is 0 Å². The third kappa shape index (κ3) is 3.46. The average molecular weight is 363 g/mol. The van der Waals surface area contributed by atoms with Gasteiger partial charge in [-0.2, -0.15) is 0 Å². The number of anilines is 1. The molecule has 0 saturated heterocycles. The molecule has 2 aromatic heterocycles. The van der Waals surface area contributed by atoms with Crippen molar-refractivity contribution < 1.29 is 13.9 Å². The van der Waals surface area contributed by atoms with E-state index in [4.69, 9.17) is 4.74 Å². The van der Waals surface area contributed by atoms with Gasteiger partial charge in [0.15, 0.2) is 5.82 Å². The Morgan fingerprint density at radius 3 is 2.74 bits per heavy atom. The molecule has 0 aliphatic heterocycles. The molecule has 5 nitrogen and oxygen atoms in total. The quantitative estimate of drug-likeness (QED) is 0.551. The molecule has 4 aromatic rings. The Kier molecular flexibility index (Phi) is 4.46. The van der Waals surface area contributed by atoms with Crippen LogP contribution in [0.2, 0.25) is 0 Å². The average Bonchev–Trinajstić information content (AvgIpc) is 3.06. The summed E-state index contributed by atoms with van der Waals surface area (Å²) in [5, 5.41) is 4.89. The monoisotopic (exact) mass is 363 g/mol. The van der Waals surface area contributed by atoms with E-state index in [0.717, 1.165) is 33.1 Å². The largest absolute Gasteiger partial charge is 0.497 e. The molecule has 4 rings (SSSR count). The van der Waals surface area contributed by atoms with Crippen molar-refractivity contribution in [3.8, 4) is 5.75 Å². The number of carbonyl (C=O) groups excluding carboxylic acids is 1. The maximum absolute atomic E-state index is 13.0. The molecule has 2 heterocycles. The Hall–Kier alpha value is -3.41. The Morgan fingerprint density at radius 1 is 1.15 bits per heavy atom. The number of fused-ring (bicyclic) bond motifs is 3. The highest BCUT2D eigenvalue weighted by atomic mass is 19.1. The number of nitrogens with one attached hydrogen (secondary N) is 2. The maximum atomic E-state index is 13.0. The van der Waals surface area contributed by atoms with Gasteiger partial charge in [-0.15, -0.1) is 0 Å². The zero-order valence-corrected chi connectivity index (χ0v) is 14.8. The lowest BCUT2D eigenvalue weighted by Gasteiger charge is -2.06. The Labute approximate surface area is 155 Å². The molecule has 0 spiro atoms. The van der Waals surface area contributed by atoms with Crippen LogP contribution in [0.15, 0.2) is 54.7 Å². The van der Waals surface area contributed by atoms with Crippen LogP contribution in [0.25, 0.3) is 21.8 Å². The number of hydrogen-bond acceptors (Lipinski definition) is 3.